The highest BCUT2D eigenvalue weighted by atomic mass is 16.5. The van der Waals surface area contributed by atoms with Gasteiger partial charge in [-0.3, -0.25) is 9.79 Å². The minimum absolute atomic E-state index is 0.0305. The van der Waals surface area contributed by atoms with E-state index in [2.05, 4.69) is 36.3 Å². The van der Waals surface area contributed by atoms with Crippen molar-refractivity contribution in [2.75, 3.05) is 39.3 Å². The average Bonchev–Trinajstić information content (AvgIpc) is 2.62. The summed E-state index contributed by atoms with van der Waals surface area (Å²) < 4.78 is 5.14. The SMILES string of the molecule is CCCN(CC)CCN=C(NCC)NC1CCC(C(=O)OCC)CC1. The van der Waals surface area contributed by atoms with Gasteiger partial charge in [-0.25, -0.2) is 0 Å². The third kappa shape index (κ3) is 8.56. The summed E-state index contributed by atoms with van der Waals surface area (Å²) >= 11 is 0. The summed E-state index contributed by atoms with van der Waals surface area (Å²) in [4.78, 5) is 19.0. The molecule has 0 aromatic rings. The number of nitrogens with zero attached hydrogens (tertiary/aromatic N) is 2. The van der Waals surface area contributed by atoms with E-state index >= 15 is 0 Å². The van der Waals surface area contributed by atoms with Crippen LogP contribution in [-0.4, -0.2) is 62.2 Å². The summed E-state index contributed by atoms with van der Waals surface area (Å²) in [5.41, 5.74) is 0. The van der Waals surface area contributed by atoms with E-state index in [1.807, 2.05) is 6.92 Å². The maximum Gasteiger partial charge on any atom is 0.308 e. The topological polar surface area (TPSA) is 66.0 Å². The highest BCUT2D eigenvalue weighted by Crippen LogP contribution is 2.25. The first-order valence-corrected chi connectivity index (χ1v) is 10.1. The molecule has 0 atom stereocenters. The van der Waals surface area contributed by atoms with Gasteiger partial charge in [0.1, 0.15) is 0 Å². The maximum absolute atomic E-state index is 11.8. The Balaban J connectivity index is 2.42. The van der Waals surface area contributed by atoms with Gasteiger partial charge in [-0.15, -0.1) is 0 Å². The van der Waals surface area contributed by atoms with Crippen LogP contribution >= 0.6 is 0 Å². The molecule has 0 bridgehead atoms. The van der Waals surface area contributed by atoms with Gasteiger partial charge in [0.15, 0.2) is 5.96 Å². The molecule has 1 aliphatic carbocycles. The maximum atomic E-state index is 11.8. The average molecular weight is 355 g/mol. The number of rotatable bonds is 10. The molecule has 6 nitrogen and oxygen atoms in total. The zero-order chi connectivity index (χ0) is 18.5. The van der Waals surface area contributed by atoms with Crippen molar-refractivity contribution >= 4 is 11.9 Å². The summed E-state index contributed by atoms with van der Waals surface area (Å²) in [6, 6.07) is 0.390. The Morgan fingerprint density at radius 3 is 2.40 bits per heavy atom. The Morgan fingerprint density at radius 1 is 1.12 bits per heavy atom. The lowest BCUT2D eigenvalue weighted by Crippen LogP contribution is -2.45. The van der Waals surface area contributed by atoms with Crippen LogP contribution < -0.4 is 10.6 Å². The van der Waals surface area contributed by atoms with Crippen LogP contribution in [0.4, 0.5) is 0 Å². The van der Waals surface area contributed by atoms with E-state index in [4.69, 9.17) is 9.73 Å². The molecular formula is C19H38N4O2. The van der Waals surface area contributed by atoms with Gasteiger partial charge in [0.25, 0.3) is 0 Å². The molecule has 6 heteroatoms. The number of carbonyl (C=O) groups excluding carboxylic acids is 1. The van der Waals surface area contributed by atoms with Gasteiger partial charge in [0, 0.05) is 19.1 Å². The van der Waals surface area contributed by atoms with Gasteiger partial charge in [-0.05, 0) is 59.0 Å². The van der Waals surface area contributed by atoms with Gasteiger partial charge in [0.2, 0.25) is 0 Å². The lowest BCUT2D eigenvalue weighted by atomic mass is 9.86. The van der Waals surface area contributed by atoms with Crippen LogP contribution in [-0.2, 0) is 9.53 Å². The zero-order valence-electron chi connectivity index (χ0n) is 16.6. The first-order valence-electron chi connectivity index (χ1n) is 10.1. The Kier molecular flexibility index (Phi) is 11.3. The number of ether oxygens (including phenoxy) is 1. The van der Waals surface area contributed by atoms with Crippen LogP contribution in [0, 0.1) is 5.92 Å². The molecule has 2 N–H and O–H groups in total. The second kappa shape index (κ2) is 13.0. The van der Waals surface area contributed by atoms with E-state index in [9.17, 15) is 4.79 Å². The standard InChI is InChI=1S/C19H38N4O2/c1-5-14-23(7-3)15-13-21-19(20-6-2)22-17-11-9-16(10-12-17)18(24)25-8-4/h16-17H,5-15H2,1-4H3,(H2,20,21,22). The third-order valence-corrected chi connectivity index (χ3v) is 4.71. The lowest BCUT2D eigenvalue weighted by Gasteiger charge is -2.29. The quantitative estimate of drug-likeness (QED) is 0.358. The Bertz CT molecular complexity index is 393. The molecule has 0 aromatic carbocycles. The molecule has 1 fully saturated rings. The van der Waals surface area contributed by atoms with Crippen LogP contribution in [0.3, 0.4) is 0 Å². The molecule has 25 heavy (non-hydrogen) atoms. The zero-order valence-corrected chi connectivity index (χ0v) is 16.6. The molecule has 0 spiro atoms. The fraction of sp³-hybridized carbons (Fsp3) is 0.895. The molecule has 0 heterocycles. The number of esters is 1. The number of nitrogens with one attached hydrogen (secondary N) is 2. The summed E-state index contributed by atoms with van der Waals surface area (Å²) in [6.07, 6.45) is 4.96. The van der Waals surface area contributed by atoms with E-state index in [1.165, 1.54) is 6.42 Å². The van der Waals surface area contributed by atoms with Gasteiger partial charge < -0.3 is 20.3 Å². The van der Waals surface area contributed by atoms with E-state index in [-0.39, 0.29) is 11.9 Å². The van der Waals surface area contributed by atoms with E-state index in [0.29, 0.717) is 12.6 Å². The number of carbonyl (C=O) groups is 1. The number of hydrogen-bond acceptors (Lipinski definition) is 4. The van der Waals surface area contributed by atoms with Crippen LogP contribution in [0.15, 0.2) is 4.99 Å². The van der Waals surface area contributed by atoms with Crippen LogP contribution in [0.5, 0.6) is 0 Å². The Labute approximate surface area is 153 Å². The first-order chi connectivity index (χ1) is 12.1. The third-order valence-electron chi connectivity index (χ3n) is 4.71. The molecule has 0 aromatic heterocycles. The Morgan fingerprint density at radius 2 is 1.84 bits per heavy atom. The largest absolute Gasteiger partial charge is 0.466 e. The summed E-state index contributed by atoms with van der Waals surface area (Å²) in [5, 5.41) is 6.88. The highest BCUT2D eigenvalue weighted by Gasteiger charge is 2.27. The predicted molar refractivity (Wildman–Crippen MR) is 104 cm³/mol. The second-order valence-electron chi connectivity index (χ2n) is 6.64. The van der Waals surface area contributed by atoms with Crippen LogP contribution in [0.25, 0.3) is 0 Å². The number of guanidine groups is 1. The summed E-state index contributed by atoms with van der Waals surface area (Å²) in [7, 11) is 0. The van der Waals surface area contributed by atoms with Crippen molar-refractivity contribution in [1.82, 2.24) is 15.5 Å². The van der Waals surface area contributed by atoms with Gasteiger partial charge in [-0.1, -0.05) is 13.8 Å². The van der Waals surface area contributed by atoms with Gasteiger partial charge >= 0.3 is 5.97 Å². The van der Waals surface area contributed by atoms with Crippen molar-refractivity contribution in [3.05, 3.63) is 0 Å². The highest BCUT2D eigenvalue weighted by molar-refractivity contribution is 5.80. The van der Waals surface area contributed by atoms with Crippen molar-refractivity contribution in [2.45, 2.75) is 65.8 Å². The monoisotopic (exact) mass is 354 g/mol. The van der Waals surface area contributed by atoms with Gasteiger partial charge in [-0.2, -0.15) is 0 Å². The minimum Gasteiger partial charge on any atom is -0.466 e. The number of likely N-dealkylation sites (N-methyl/N-ethyl adjacent to an activating group) is 1. The van der Waals surface area contributed by atoms with Crippen molar-refractivity contribution in [3.63, 3.8) is 0 Å². The summed E-state index contributed by atoms with van der Waals surface area (Å²) in [5.74, 6) is 0.941. The molecule has 0 unspecified atom stereocenters. The van der Waals surface area contributed by atoms with Crippen LogP contribution in [0.1, 0.15) is 59.8 Å². The van der Waals surface area contributed by atoms with Gasteiger partial charge in [0.05, 0.1) is 19.1 Å². The number of hydrogen-bond donors (Lipinski definition) is 2. The second-order valence-corrected chi connectivity index (χ2v) is 6.64. The Hall–Kier alpha value is -1.30. The van der Waals surface area contributed by atoms with Crippen LogP contribution in [0.2, 0.25) is 0 Å². The van der Waals surface area contributed by atoms with Crippen molar-refractivity contribution < 1.29 is 9.53 Å². The molecule has 1 saturated carbocycles. The van der Waals surface area contributed by atoms with E-state index in [1.54, 1.807) is 0 Å². The summed E-state index contributed by atoms with van der Waals surface area (Å²) in [6.45, 7) is 13.7. The van der Waals surface area contributed by atoms with Crippen molar-refractivity contribution in [2.24, 2.45) is 10.9 Å². The van der Waals surface area contributed by atoms with E-state index in [0.717, 1.165) is 64.4 Å². The molecule has 146 valence electrons. The lowest BCUT2D eigenvalue weighted by molar-refractivity contribution is -0.149. The molecule has 0 saturated heterocycles. The molecule has 1 rings (SSSR count). The molecular weight excluding hydrogens is 316 g/mol. The first kappa shape index (κ1) is 21.7. The fourth-order valence-corrected chi connectivity index (χ4v) is 3.29. The minimum atomic E-state index is -0.0305. The molecule has 0 radical (unpaired) electrons. The smallest absolute Gasteiger partial charge is 0.308 e. The molecule has 1 aliphatic rings. The fourth-order valence-electron chi connectivity index (χ4n) is 3.29. The molecule has 0 amide bonds. The predicted octanol–water partition coefficient (Wildman–Crippen LogP) is 2.40. The normalized spacial score (nSPS) is 21.2. The van der Waals surface area contributed by atoms with Crippen molar-refractivity contribution in [3.8, 4) is 0 Å². The van der Waals surface area contributed by atoms with Crippen molar-refractivity contribution in [1.29, 1.82) is 0 Å². The number of aliphatic imine (C=N–C) groups is 1. The van der Waals surface area contributed by atoms with E-state index < -0.39 is 0 Å². The molecule has 0 aliphatic heterocycles.